The smallest absolute Gasteiger partial charge is 0.161 e. The predicted octanol–water partition coefficient (Wildman–Crippen LogP) is 1.81. The molecular weight excluding hydrogens is 262 g/mol. The molecule has 2 fully saturated rings. The van der Waals surface area contributed by atoms with E-state index in [1.165, 1.54) is 38.2 Å². The van der Waals surface area contributed by atoms with Crippen LogP contribution in [0.4, 0.5) is 0 Å². The molecule has 5 nitrogen and oxygen atoms in total. The molecule has 0 amide bonds. The van der Waals surface area contributed by atoms with Gasteiger partial charge in [-0.1, -0.05) is 0 Å². The summed E-state index contributed by atoms with van der Waals surface area (Å²) in [4.78, 5) is 11.9. The van der Waals surface area contributed by atoms with Gasteiger partial charge in [0.15, 0.2) is 5.65 Å². The fraction of sp³-hybridized carbons (Fsp3) is 0.625. The van der Waals surface area contributed by atoms with E-state index >= 15 is 0 Å². The van der Waals surface area contributed by atoms with Gasteiger partial charge in [-0.25, -0.2) is 9.97 Å². The summed E-state index contributed by atoms with van der Waals surface area (Å²) in [5.41, 5.74) is 2.07. The highest BCUT2D eigenvalue weighted by Crippen LogP contribution is 2.27. The van der Waals surface area contributed by atoms with Crippen molar-refractivity contribution in [2.45, 2.75) is 31.8 Å². The van der Waals surface area contributed by atoms with Gasteiger partial charge in [0, 0.05) is 19.2 Å². The Morgan fingerprint density at radius 2 is 2.33 bits per heavy atom. The van der Waals surface area contributed by atoms with Crippen LogP contribution >= 0.6 is 0 Å². The second kappa shape index (κ2) is 5.39. The molecule has 5 heteroatoms. The highest BCUT2D eigenvalue weighted by molar-refractivity contribution is 5.71. The number of hydrogen-bond donors (Lipinski definition) is 1. The lowest BCUT2D eigenvalue weighted by Crippen LogP contribution is -2.23. The van der Waals surface area contributed by atoms with E-state index < -0.39 is 0 Å². The third-order valence-electron chi connectivity index (χ3n) is 4.83. The summed E-state index contributed by atoms with van der Waals surface area (Å²) in [6, 6.07) is 4.06. The first kappa shape index (κ1) is 13.2. The third-order valence-corrected chi connectivity index (χ3v) is 4.83. The van der Waals surface area contributed by atoms with Gasteiger partial charge in [0.05, 0.1) is 6.17 Å². The molecule has 0 aliphatic carbocycles. The van der Waals surface area contributed by atoms with E-state index in [0.29, 0.717) is 6.17 Å². The zero-order valence-corrected chi connectivity index (χ0v) is 12.6. The monoisotopic (exact) mass is 285 g/mol. The number of rotatable bonds is 3. The molecule has 2 unspecified atom stereocenters. The molecular formula is C16H23N5. The van der Waals surface area contributed by atoms with Crippen molar-refractivity contribution in [3.63, 3.8) is 0 Å². The van der Waals surface area contributed by atoms with Gasteiger partial charge in [-0.15, -0.1) is 0 Å². The predicted molar refractivity (Wildman–Crippen MR) is 83.1 cm³/mol. The van der Waals surface area contributed by atoms with E-state index in [2.05, 4.69) is 32.9 Å². The quantitative estimate of drug-likeness (QED) is 0.934. The first-order valence-electron chi connectivity index (χ1n) is 8.05. The van der Waals surface area contributed by atoms with Crippen molar-refractivity contribution < 1.29 is 0 Å². The topological polar surface area (TPSA) is 46.0 Å². The average Bonchev–Trinajstić information content (AvgIpc) is 3.18. The minimum atomic E-state index is 0.374. The normalized spacial score (nSPS) is 26.9. The Kier molecular flexibility index (Phi) is 3.39. The maximum atomic E-state index is 4.89. The fourth-order valence-electron chi connectivity index (χ4n) is 3.79. The van der Waals surface area contributed by atoms with Crippen LogP contribution in [0.25, 0.3) is 11.2 Å². The summed E-state index contributed by atoms with van der Waals surface area (Å²) in [6.45, 7) is 3.50. The van der Waals surface area contributed by atoms with E-state index in [4.69, 9.17) is 4.98 Å². The highest BCUT2D eigenvalue weighted by Gasteiger charge is 2.26. The molecule has 0 spiro atoms. The van der Waals surface area contributed by atoms with Gasteiger partial charge < -0.3 is 4.90 Å². The summed E-state index contributed by atoms with van der Waals surface area (Å²) in [5, 5.41) is 3.60. The van der Waals surface area contributed by atoms with Crippen molar-refractivity contribution in [2.75, 3.05) is 26.7 Å². The number of pyridine rings is 1. The molecule has 112 valence electrons. The number of fused-ring (bicyclic) bond motifs is 1. The van der Waals surface area contributed by atoms with Crippen molar-refractivity contribution in [1.29, 1.82) is 0 Å². The summed E-state index contributed by atoms with van der Waals surface area (Å²) in [6.07, 6.45) is 7.02. The van der Waals surface area contributed by atoms with E-state index in [9.17, 15) is 0 Å². The van der Waals surface area contributed by atoms with Crippen LogP contribution in [0.1, 0.15) is 31.3 Å². The summed E-state index contributed by atoms with van der Waals surface area (Å²) < 4.78 is 2.36. The van der Waals surface area contributed by atoms with Crippen molar-refractivity contribution in [3.05, 3.63) is 24.2 Å². The minimum absolute atomic E-state index is 0.374. The van der Waals surface area contributed by atoms with Gasteiger partial charge >= 0.3 is 0 Å². The molecule has 21 heavy (non-hydrogen) atoms. The van der Waals surface area contributed by atoms with Crippen LogP contribution in [0.5, 0.6) is 0 Å². The molecule has 4 rings (SSSR count). The lowest BCUT2D eigenvalue weighted by atomic mass is 10.0. The Morgan fingerprint density at radius 1 is 1.38 bits per heavy atom. The van der Waals surface area contributed by atoms with Gasteiger partial charge in [0.2, 0.25) is 0 Å². The highest BCUT2D eigenvalue weighted by atomic mass is 15.3. The molecule has 0 radical (unpaired) electrons. The second-order valence-electron chi connectivity index (χ2n) is 6.48. The van der Waals surface area contributed by atoms with E-state index in [1.54, 1.807) is 0 Å². The zero-order valence-electron chi connectivity index (χ0n) is 12.6. The third kappa shape index (κ3) is 2.45. The first-order chi connectivity index (χ1) is 10.3. The Hall–Kier alpha value is -1.46. The lowest BCUT2D eigenvalue weighted by Gasteiger charge is -2.18. The molecule has 1 N–H and O–H groups in total. The number of nitrogens with one attached hydrogen (secondary N) is 1. The van der Waals surface area contributed by atoms with Crippen molar-refractivity contribution in [2.24, 2.45) is 5.92 Å². The molecule has 2 aliphatic rings. The van der Waals surface area contributed by atoms with E-state index in [-0.39, 0.29) is 0 Å². The molecule has 2 aromatic rings. The summed E-state index contributed by atoms with van der Waals surface area (Å²) in [5.74, 6) is 1.94. The second-order valence-corrected chi connectivity index (χ2v) is 6.48. The number of hydrogen-bond acceptors (Lipinski definition) is 4. The van der Waals surface area contributed by atoms with Crippen LogP contribution in [0.15, 0.2) is 18.3 Å². The van der Waals surface area contributed by atoms with Gasteiger partial charge in [-0.3, -0.25) is 9.88 Å². The Bertz CT molecular complexity index is 629. The van der Waals surface area contributed by atoms with Crippen LogP contribution < -0.4 is 5.32 Å². The molecule has 2 aliphatic heterocycles. The Labute approximate surface area is 125 Å². The van der Waals surface area contributed by atoms with Crippen LogP contribution in [0.3, 0.4) is 0 Å². The Morgan fingerprint density at radius 3 is 3.10 bits per heavy atom. The zero-order chi connectivity index (χ0) is 14.2. The van der Waals surface area contributed by atoms with Crippen LogP contribution in [0.2, 0.25) is 0 Å². The van der Waals surface area contributed by atoms with Gasteiger partial charge in [-0.2, -0.15) is 0 Å². The maximum absolute atomic E-state index is 4.89. The molecule has 2 saturated heterocycles. The van der Waals surface area contributed by atoms with Crippen molar-refractivity contribution in [1.82, 2.24) is 24.8 Å². The largest absolute Gasteiger partial charge is 0.306 e. The number of likely N-dealkylation sites (tertiary alicyclic amines) is 1. The molecule has 0 aromatic carbocycles. The SMILES string of the molecule is CN1CCC(Cc2nc3cccnc3n2C2CCCN2)C1. The average molecular weight is 285 g/mol. The van der Waals surface area contributed by atoms with Crippen LogP contribution in [-0.2, 0) is 6.42 Å². The van der Waals surface area contributed by atoms with Gasteiger partial charge in [0.25, 0.3) is 0 Å². The molecule has 4 heterocycles. The Balaban J connectivity index is 1.70. The first-order valence-corrected chi connectivity index (χ1v) is 8.05. The number of nitrogens with zero attached hydrogens (tertiary/aromatic N) is 4. The number of imidazole rings is 1. The summed E-state index contributed by atoms with van der Waals surface area (Å²) >= 11 is 0. The van der Waals surface area contributed by atoms with E-state index in [1.807, 2.05) is 12.3 Å². The lowest BCUT2D eigenvalue weighted by molar-refractivity contribution is 0.386. The standard InChI is InChI=1S/C16H23N5/c1-20-9-6-12(11-20)10-15-19-13-4-2-8-18-16(13)21(15)14-5-3-7-17-14/h2,4,8,12,14,17H,3,5-7,9-11H2,1H3. The molecule has 2 aromatic heterocycles. The number of aromatic nitrogens is 3. The molecule has 2 atom stereocenters. The maximum Gasteiger partial charge on any atom is 0.161 e. The van der Waals surface area contributed by atoms with Crippen molar-refractivity contribution >= 4 is 11.2 Å². The summed E-state index contributed by atoms with van der Waals surface area (Å²) in [7, 11) is 2.21. The van der Waals surface area contributed by atoms with Gasteiger partial charge in [0.1, 0.15) is 11.3 Å². The minimum Gasteiger partial charge on any atom is -0.306 e. The van der Waals surface area contributed by atoms with E-state index in [0.717, 1.165) is 30.0 Å². The molecule has 0 saturated carbocycles. The van der Waals surface area contributed by atoms with Crippen LogP contribution in [0, 0.1) is 5.92 Å². The molecule has 0 bridgehead atoms. The van der Waals surface area contributed by atoms with Gasteiger partial charge in [-0.05, 0) is 57.5 Å². The fourth-order valence-corrected chi connectivity index (χ4v) is 3.79. The van der Waals surface area contributed by atoms with Crippen molar-refractivity contribution in [3.8, 4) is 0 Å². The van der Waals surface area contributed by atoms with Crippen LogP contribution in [-0.4, -0.2) is 46.1 Å².